The summed E-state index contributed by atoms with van der Waals surface area (Å²) >= 11 is 0. The van der Waals surface area contributed by atoms with Gasteiger partial charge in [-0.3, -0.25) is 14.5 Å². The molecule has 14 nitrogen and oxygen atoms in total. The zero-order chi connectivity index (χ0) is 29.5. The molecule has 5 unspecified atom stereocenters. The molecule has 0 radical (unpaired) electrons. The van der Waals surface area contributed by atoms with E-state index in [1.165, 1.54) is 36.4 Å². The first-order valence-corrected chi connectivity index (χ1v) is 14.1. The van der Waals surface area contributed by atoms with Crippen LogP contribution in [0.4, 0.5) is 5.69 Å². The van der Waals surface area contributed by atoms with E-state index in [-0.39, 0.29) is 40.5 Å². The van der Waals surface area contributed by atoms with Crippen LogP contribution >= 0.6 is 0 Å². The highest BCUT2D eigenvalue weighted by molar-refractivity contribution is 7.90. The van der Waals surface area contributed by atoms with Gasteiger partial charge in [0.1, 0.15) is 28.1 Å². The van der Waals surface area contributed by atoms with Crippen LogP contribution in [-0.4, -0.2) is 101 Å². The summed E-state index contributed by atoms with van der Waals surface area (Å²) in [4.78, 5) is 38.8. The van der Waals surface area contributed by atoms with E-state index in [0.29, 0.717) is 0 Å². The molecule has 1 saturated heterocycles. The van der Waals surface area contributed by atoms with Crippen LogP contribution in [0, 0.1) is 0 Å². The first kappa shape index (κ1) is 29.2. The van der Waals surface area contributed by atoms with Gasteiger partial charge < -0.3 is 40.4 Å². The van der Waals surface area contributed by atoms with E-state index in [4.69, 9.17) is 19.9 Å². The first-order valence-electron chi connectivity index (χ1n) is 12.0. The number of anilines is 1. The van der Waals surface area contributed by atoms with Crippen LogP contribution in [-0.2, 0) is 19.4 Å². The second-order valence-electron chi connectivity index (χ2n) is 9.35. The summed E-state index contributed by atoms with van der Waals surface area (Å²) in [5.41, 5.74) is 6.17. The van der Waals surface area contributed by atoms with E-state index in [1.807, 2.05) is 0 Å². The molecule has 0 spiro atoms. The Kier molecular flexibility index (Phi) is 8.05. The molecule has 15 heteroatoms. The Labute approximate surface area is 228 Å². The molecule has 1 fully saturated rings. The number of hydrogen-bond acceptors (Lipinski definition) is 12. The second kappa shape index (κ2) is 11.0. The van der Waals surface area contributed by atoms with Gasteiger partial charge in [0.2, 0.25) is 6.29 Å². The Morgan fingerprint density at radius 1 is 1.07 bits per heavy atom. The minimum absolute atomic E-state index is 0.0297. The van der Waals surface area contributed by atoms with Gasteiger partial charge in [-0.1, -0.05) is 12.1 Å². The van der Waals surface area contributed by atoms with Gasteiger partial charge in [-0.2, -0.15) is 0 Å². The van der Waals surface area contributed by atoms with Gasteiger partial charge in [-0.05, 0) is 36.8 Å². The van der Waals surface area contributed by atoms with Crippen LogP contribution < -0.4 is 15.2 Å². The van der Waals surface area contributed by atoms with Gasteiger partial charge >= 0.3 is 5.97 Å². The standard InChI is InChI=1S/C25H28N2O12S/c1-3-37-16-9-11(7-8-15(16)38-25-20(30)18(28)19(29)21(39-25)24(33)34)14(10-40(2,35)36)27-22(31)12-5-4-6-13(26)17(12)23(27)32/h4-9,14,18-21,25,28-30H,3,10,26H2,1-2H3,(H,33,34)/t14-,18?,19?,20?,21?,25?/m1/s1. The first-order chi connectivity index (χ1) is 18.7. The molecule has 0 aromatic heterocycles. The fraction of sp³-hybridized carbons (Fsp3) is 0.400. The maximum Gasteiger partial charge on any atom is 0.335 e. The predicted octanol–water partition coefficient (Wildman–Crippen LogP) is -0.680. The molecule has 4 rings (SSSR count). The highest BCUT2D eigenvalue weighted by atomic mass is 32.2. The molecular weight excluding hydrogens is 552 g/mol. The van der Waals surface area contributed by atoms with Gasteiger partial charge in [0.25, 0.3) is 11.8 Å². The van der Waals surface area contributed by atoms with Crippen molar-refractivity contribution in [2.45, 2.75) is 43.7 Å². The summed E-state index contributed by atoms with van der Waals surface area (Å²) in [5.74, 6) is -3.86. The third-order valence-corrected chi connectivity index (χ3v) is 7.38. The summed E-state index contributed by atoms with van der Waals surface area (Å²) in [6.45, 7) is 1.71. The zero-order valence-corrected chi connectivity index (χ0v) is 22.1. The lowest BCUT2D eigenvalue weighted by Gasteiger charge is -2.38. The van der Waals surface area contributed by atoms with Crippen molar-refractivity contribution < 1.29 is 57.4 Å². The van der Waals surface area contributed by atoms with Crippen LogP contribution in [0.3, 0.4) is 0 Å². The highest BCUT2D eigenvalue weighted by Crippen LogP contribution is 2.39. The molecule has 2 amide bonds. The summed E-state index contributed by atoms with van der Waals surface area (Å²) in [6.07, 6.45) is -8.37. The van der Waals surface area contributed by atoms with E-state index < -0.39 is 70.1 Å². The highest BCUT2D eigenvalue weighted by Gasteiger charge is 2.48. The SMILES string of the molecule is CCOc1cc([C@@H](CS(C)(=O)=O)N2C(=O)c3cccc(N)c3C2=O)ccc1OC1OC(C(=O)O)C(O)C(O)C1O. The number of carboxylic acid groups (broad SMARTS) is 1. The number of rotatable bonds is 9. The fourth-order valence-electron chi connectivity index (χ4n) is 4.59. The van der Waals surface area contributed by atoms with Crippen LogP contribution in [0.2, 0.25) is 0 Å². The Bertz CT molecular complexity index is 1450. The minimum Gasteiger partial charge on any atom is -0.490 e. The maximum atomic E-state index is 13.3. The number of ether oxygens (including phenoxy) is 3. The second-order valence-corrected chi connectivity index (χ2v) is 11.5. The monoisotopic (exact) mass is 580 g/mol. The van der Waals surface area contributed by atoms with Crippen molar-refractivity contribution in [2.24, 2.45) is 0 Å². The van der Waals surface area contributed by atoms with Crippen LogP contribution in [0.15, 0.2) is 36.4 Å². The average molecular weight is 581 g/mol. The van der Waals surface area contributed by atoms with Crippen molar-refractivity contribution >= 4 is 33.3 Å². The van der Waals surface area contributed by atoms with Crippen molar-refractivity contribution in [2.75, 3.05) is 24.3 Å². The van der Waals surface area contributed by atoms with Crippen LogP contribution in [0.1, 0.15) is 39.2 Å². The van der Waals surface area contributed by atoms with Gasteiger partial charge in [0.15, 0.2) is 17.6 Å². The molecule has 2 aliphatic heterocycles. The largest absolute Gasteiger partial charge is 0.490 e. The minimum atomic E-state index is -3.75. The van der Waals surface area contributed by atoms with Crippen LogP contribution in [0.25, 0.3) is 0 Å². The van der Waals surface area contributed by atoms with Crippen molar-refractivity contribution in [1.29, 1.82) is 0 Å². The number of amides is 2. The number of carbonyl (C=O) groups excluding carboxylic acids is 2. The molecule has 2 heterocycles. The van der Waals surface area contributed by atoms with Crippen molar-refractivity contribution in [3.63, 3.8) is 0 Å². The van der Waals surface area contributed by atoms with E-state index >= 15 is 0 Å². The molecule has 6 N–H and O–H groups in total. The number of hydrogen-bond donors (Lipinski definition) is 5. The molecular formula is C25H28N2O12S. The van der Waals surface area contributed by atoms with E-state index in [2.05, 4.69) is 0 Å². The lowest BCUT2D eigenvalue weighted by Crippen LogP contribution is -2.61. The lowest BCUT2D eigenvalue weighted by atomic mass is 9.99. The van der Waals surface area contributed by atoms with E-state index in [9.17, 15) is 43.2 Å². The van der Waals surface area contributed by atoms with Gasteiger partial charge in [-0.25, -0.2) is 13.2 Å². The molecule has 0 aliphatic carbocycles. The number of aliphatic hydroxyl groups is 3. The molecule has 0 bridgehead atoms. The number of benzene rings is 2. The quantitative estimate of drug-likeness (QED) is 0.183. The molecule has 6 atom stereocenters. The van der Waals surface area contributed by atoms with Crippen molar-refractivity contribution in [3.8, 4) is 11.5 Å². The fourth-order valence-corrected chi connectivity index (χ4v) is 5.51. The molecule has 2 aromatic rings. The predicted molar refractivity (Wildman–Crippen MR) is 136 cm³/mol. The number of nitrogens with zero attached hydrogens (tertiary/aromatic N) is 1. The zero-order valence-electron chi connectivity index (χ0n) is 21.3. The number of imide groups is 1. The van der Waals surface area contributed by atoms with Gasteiger partial charge in [-0.15, -0.1) is 0 Å². The number of sulfone groups is 1. The molecule has 2 aliphatic rings. The number of carbonyl (C=O) groups is 3. The molecule has 2 aromatic carbocycles. The molecule has 40 heavy (non-hydrogen) atoms. The number of aliphatic hydroxyl groups excluding tert-OH is 3. The third kappa shape index (κ3) is 5.46. The summed E-state index contributed by atoms with van der Waals surface area (Å²) in [5, 5.41) is 39.6. The Balaban J connectivity index is 1.72. The molecule has 0 saturated carbocycles. The number of fused-ring (bicyclic) bond motifs is 1. The molecule has 216 valence electrons. The maximum absolute atomic E-state index is 13.3. The van der Waals surface area contributed by atoms with Gasteiger partial charge in [0.05, 0.1) is 29.5 Å². The third-order valence-electron chi connectivity index (χ3n) is 6.46. The van der Waals surface area contributed by atoms with Crippen LogP contribution in [0.5, 0.6) is 11.5 Å². The number of nitrogen functional groups attached to an aromatic ring is 1. The van der Waals surface area contributed by atoms with Crippen molar-refractivity contribution in [1.82, 2.24) is 4.90 Å². The van der Waals surface area contributed by atoms with Gasteiger partial charge in [0, 0.05) is 11.9 Å². The average Bonchev–Trinajstić information content (AvgIpc) is 3.13. The number of aliphatic carboxylic acids is 1. The Morgan fingerprint density at radius 2 is 1.77 bits per heavy atom. The van der Waals surface area contributed by atoms with Crippen molar-refractivity contribution in [3.05, 3.63) is 53.1 Å². The Morgan fingerprint density at radius 3 is 2.38 bits per heavy atom. The summed E-state index contributed by atoms with van der Waals surface area (Å²) < 4.78 is 41.1. The normalized spacial score (nSPS) is 25.4. The number of carboxylic acids is 1. The smallest absolute Gasteiger partial charge is 0.335 e. The summed E-state index contributed by atoms with van der Waals surface area (Å²) in [7, 11) is -3.75. The lowest BCUT2D eigenvalue weighted by molar-refractivity contribution is -0.271. The summed E-state index contributed by atoms with van der Waals surface area (Å²) in [6, 6.07) is 7.04. The Hall–Kier alpha value is -3.76. The topological polar surface area (TPSA) is 223 Å². The van der Waals surface area contributed by atoms with E-state index in [1.54, 1.807) is 6.92 Å². The number of nitrogens with two attached hydrogens (primary N) is 1. The van der Waals surface area contributed by atoms with E-state index in [0.717, 1.165) is 11.2 Å².